The zero-order valence-corrected chi connectivity index (χ0v) is 11.8. The summed E-state index contributed by atoms with van der Waals surface area (Å²) in [6, 6.07) is 0.358. The molecule has 5 heteroatoms. The van der Waals surface area contributed by atoms with E-state index in [4.69, 9.17) is 0 Å². The third-order valence-electron chi connectivity index (χ3n) is 2.93. The van der Waals surface area contributed by atoms with Gasteiger partial charge < -0.3 is 5.32 Å². The number of thiazole rings is 1. The summed E-state index contributed by atoms with van der Waals surface area (Å²) in [4.78, 5) is 4.42. The van der Waals surface area contributed by atoms with Crippen molar-refractivity contribution in [3.63, 3.8) is 0 Å². The number of aryl methyl sites for hydroxylation is 2. The van der Waals surface area contributed by atoms with E-state index in [0.717, 1.165) is 31.5 Å². The quantitative estimate of drug-likeness (QED) is 0.835. The number of rotatable bonds is 7. The molecule has 0 fully saturated rings. The lowest BCUT2D eigenvalue weighted by molar-refractivity contribution is 0.491. The summed E-state index contributed by atoms with van der Waals surface area (Å²) in [6.07, 6.45) is 7.27. The molecule has 18 heavy (non-hydrogen) atoms. The lowest BCUT2D eigenvalue weighted by atomic mass is 10.1. The first-order chi connectivity index (χ1) is 8.79. The maximum absolute atomic E-state index is 4.42. The van der Waals surface area contributed by atoms with Gasteiger partial charge in [0, 0.05) is 18.6 Å². The van der Waals surface area contributed by atoms with Crippen LogP contribution in [0.2, 0.25) is 0 Å². The molecule has 2 rings (SSSR count). The van der Waals surface area contributed by atoms with Crippen LogP contribution in [0.5, 0.6) is 0 Å². The maximum Gasteiger partial charge on any atom is 0.0795 e. The minimum Gasteiger partial charge on any atom is -0.309 e. The topological polar surface area (TPSA) is 42.7 Å². The molecule has 2 aromatic heterocycles. The van der Waals surface area contributed by atoms with Crippen LogP contribution in [0, 0.1) is 0 Å². The molecule has 1 unspecified atom stereocenters. The molecule has 0 aromatic carbocycles. The fourth-order valence-electron chi connectivity index (χ4n) is 1.98. The second-order valence-electron chi connectivity index (χ2n) is 4.48. The molecule has 1 N–H and O–H groups in total. The van der Waals surface area contributed by atoms with Crippen LogP contribution >= 0.6 is 11.3 Å². The third-order valence-corrected chi connectivity index (χ3v) is 3.53. The average molecular weight is 264 g/mol. The largest absolute Gasteiger partial charge is 0.309 e. The predicted molar refractivity (Wildman–Crippen MR) is 74.7 cm³/mol. The first kappa shape index (κ1) is 13.2. The Hall–Kier alpha value is -1.20. The van der Waals surface area contributed by atoms with E-state index in [1.54, 1.807) is 11.3 Å². The van der Waals surface area contributed by atoms with Gasteiger partial charge in [0.25, 0.3) is 0 Å². The van der Waals surface area contributed by atoms with Crippen LogP contribution in [0.3, 0.4) is 0 Å². The van der Waals surface area contributed by atoms with Crippen molar-refractivity contribution in [3.05, 3.63) is 34.5 Å². The molecule has 1 atom stereocenters. The van der Waals surface area contributed by atoms with Crippen LogP contribution in [0.1, 0.15) is 37.1 Å². The molecule has 0 radical (unpaired) electrons. The Bertz CT molecular complexity index is 449. The van der Waals surface area contributed by atoms with Crippen LogP contribution in [0.25, 0.3) is 0 Å². The second-order valence-corrected chi connectivity index (χ2v) is 5.20. The Morgan fingerprint density at radius 2 is 2.39 bits per heavy atom. The second kappa shape index (κ2) is 6.66. The Kier molecular flexibility index (Phi) is 4.90. The summed E-state index contributed by atoms with van der Waals surface area (Å²) < 4.78 is 1.85. The van der Waals surface area contributed by atoms with E-state index in [2.05, 4.69) is 33.9 Å². The average Bonchev–Trinajstić information content (AvgIpc) is 3.01. The number of hydrogen-bond acceptors (Lipinski definition) is 4. The van der Waals surface area contributed by atoms with Crippen molar-refractivity contribution < 1.29 is 0 Å². The zero-order chi connectivity index (χ0) is 12.8. The lowest BCUT2D eigenvalue weighted by Gasteiger charge is -2.15. The van der Waals surface area contributed by atoms with Gasteiger partial charge in [-0.2, -0.15) is 5.10 Å². The molecular formula is C13H20N4S. The minimum atomic E-state index is 0.358. The molecule has 0 aliphatic rings. The fourth-order valence-corrected chi connectivity index (χ4v) is 2.59. The van der Waals surface area contributed by atoms with E-state index >= 15 is 0 Å². The van der Waals surface area contributed by atoms with E-state index in [-0.39, 0.29) is 0 Å². The van der Waals surface area contributed by atoms with E-state index in [1.165, 1.54) is 5.56 Å². The number of nitrogens with zero attached hydrogens (tertiary/aromatic N) is 3. The minimum absolute atomic E-state index is 0.358. The number of hydrogen-bond donors (Lipinski definition) is 1. The molecule has 0 aliphatic carbocycles. The highest BCUT2D eigenvalue weighted by Crippen LogP contribution is 2.19. The predicted octanol–water partition coefficient (Wildman–Crippen LogP) is 2.55. The third kappa shape index (κ3) is 3.65. The first-order valence-electron chi connectivity index (χ1n) is 6.38. The van der Waals surface area contributed by atoms with Gasteiger partial charge in [-0.15, -0.1) is 11.3 Å². The monoisotopic (exact) mass is 264 g/mol. The van der Waals surface area contributed by atoms with Gasteiger partial charge in [0.15, 0.2) is 0 Å². The van der Waals surface area contributed by atoms with Gasteiger partial charge in [-0.25, -0.2) is 4.98 Å². The van der Waals surface area contributed by atoms with E-state index < -0.39 is 0 Å². The van der Waals surface area contributed by atoms with Crippen LogP contribution in [0.4, 0.5) is 0 Å². The van der Waals surface area contributed by atoms with Gasteiger partial charge in [0.05, 0.1) is 23.4 Å². The van der Waals surface area contributed by atoms with Gasteiger partial charge in [0.2, 0.25) is 0 Å². The van der Waals surface area contributed by atoms with Crippen LogP contribution in [-0.2, 0) is 13.5 Å². The molecule has 0 aliphatic heterocycles. The van der Waals surface area contributed by atoms with Gasteiger partial charge in [-0.05, 0) is 31.4 Å². The molecule has 2 heterocycles. The molecule has 2 aromatic rings. The Labute approximate surface area is 112 Å². The van der Waals surface area contributed by atoms with Crippen LogP contribution in [0.15, 0.2) is 23.3 Å². The molecular weight excluding hydrogens is 244 g/mol. The Morgan fingerprint density at radius 1 is 1.50 bits per heavy atom. The molecule has 0 spiro atoms. The van der Waals surface area contributed by atoms with E-state index in [0.29, 0.717) is 6.04 Å². The molecule has 0 saturated carbocycles. The Balaban J connectivity index is 1.93. The summed E-state index contributed by atoms with van der Waals surface area (Å²) in [5.41, 5.74) is 4.36. The van der Waals surface area contributed by atoms with Gasteiger partial charge in [-0.3, -0.25) is 4.68 Å². The first-order valence-corrected chi connectivity index (χ1v) is 7.33. The van der Waals surface area contributed by atoms with Crippen molar-refractivity contribution in [1.82, 2.24) is 20.1 Å². The van der Waals surface area contributed by atoms with E-state index in [9.17, 15) is 0 Å². The van der Waals surface area contributed by atoms with Crippen molar-refractivity contribution in [2.75, 3.05) is 6.54 Å². The van der Waals surface area contributed by atoms with Crippen molar-refractivity contribution in [2.45, 2.75) is 32.2 Å². The highest BCUT2D eigenvalue weighted by molar-refractivity contribution is 7.07. The summed E-state index contributed by atoms with van der Waals surface area (Å²) in [6.45, 7) is 3.22. The summed E-state index contributed by atoms with van der Waals surface area (Å²) in [7, 11) is 1.96. The maximum atomic E-state index is 4.42. The summed E-state index contributed by atoms with van der Waals surface area (Å²) >= 11 is 1.66. The van der Waals surface area contributed by atoms with Crippen molar-refractivity contribution >= 4 is 11.3 Å². The summed E-state index contributed by atoms with van der Waals surface area (Å²) in [5, 5.41) is 9.90. The summed E-state index contributed by atoms with van der Waals surface area (Å²) in [5.74, 6) is 0. The molecule has 0 bridgehead atoms. The Morgan fingerprint density at radius 3 is 3.00 bits per heavy atom. The molecule has 4 nitrogen and oxygen atoms in total. The SMILES string of the molecule is CCCNC(CCc1cnn(C)c1)c1cscn1. The van der Waals surface area contributed by atoms with Crippen LogP contribution in [-0.4, -0.2) is 21.3 Å². The van der Waals surface area contributed by atoms with Crippen molar-refractivity contribution in [2.24, 2.45) is 7.05 Å². The van der Waals surface area contributed by atoms with Gasteiger partial charge in [-0.1, -0.05) is 6.92 Å². The highest BCUT2D eigenvalue weighted by Gasteiger charge is 2.12. The van der Waals surface area contributed by atoms with E-state index in [1.807, 2.05) is 23.4 Å². The van der Waals surface area contributed by atoms with Crippen molar-refractivity contribution in [1.29, 1.82) is 0 Å². The number of nitrogens with one attached hydrogen (secondary N) is 1. The normalized spacial score (nSPS) is 12.8. The molecule has 0 saturated heterocycles. The number of aromatic nitrogens is 3. The lowest BCUT2D eigenvalue weighted by Crippen LogP contribution is -2.23. The standard InChI is InChI=1S/C13H20N4S/c1-3-6-14-12(13-9-18-10-15-13)5-4-11-7-16-17(2)8-11/h7-10,12,14H,3-6H2,1-2H3. The zero-order valence-electron chi connectivity index (χ0n) is 11.0. The molecule has 0 amide bonds. The highest BCUT2D eigenvalue weighted by atomic mass is 32.1. The van der Waals surface area contributed by atoms with Crippen molar-refractivity contribution in [3.8, 4) is 0 Å². The fraction of sp³-hybridized carbons (Fsp3) is 0.538. The van der Waals surface area contributed by atoms with Gasteiger partial charge >= 0.3 is 0 Å². The molecule has 98 valence electrons. The smallest absolute Gasteiger partial charge is 0.0795 e. The van der Waals surface area contributed by atoms with Gasteiger partial charge in [0.1, 0.15) is 0 Å². The van der Waals surface area contributed by atoms with Crippen LogP contribution < -0.4 is 5.32 Å².